The number of hydrogen-bond acceptors (Lipinski definition) is 7. The van der Waals surface area contributed by atoms with Gasteiger partial charge in [0.05, 0.1) is 10.4 Å². The fourth-order valence-corrected chi connectivity index (χ4v) is 4.25. The Balaban J connectivity index is 1.74. The van der Waals surface area contributed by atoms with Crippen LogP contribution in [0, 0.1) is 17.6 Å². The lowest BCUT2D eigenvalue weighted by atomic mass is 9.87. The number of rotatable bonds is 11. The number of ketones is 1. The standard InChI is InChI=1S/C28H26BrF2NO6/c1-16(14-24(34)26-27(23(29)12-13-32-26)37-15-36-18(3)33)28(35)38-17(2)25(19-4-8-21(30)9-5-19)20-6-10-22(31)11-7-20/h4-13,16-17,25H,14-15H2,1-3H3/t16-,17+/m1/s1. The average molecular weight is 590 g/mol. The van der Waals surface area contributed by atoms with Crippen molar-refractivity contribution in [2.45, 2.75) is 39.2 Å². The van der Waals surface area contributed by atoms with Gasteiger partial charge in [-0.3, -0.25) is 14.4 Å². The molecule has 0 N–H and O–H groups in total. The van der Waals surface area contributed by atoms with E-state index >= 15 is 0 Å². The normalized spacial score (nSPS) is 12.5. The number of nitrogens with zero attached hydrogens (tertiary/aromatic N) is 1. The van der Waals surface area contributed by atoms with Gasteiger partial charge in [-0.05, 0) is 64.3 Å². The zero-order chi connectivity index (χ0) is 27.8. The number of carbonyl (C=O) groups excluding carboxylic acids is 3. The summed E-state index contributed by atoms with van der Waals surface area (Å²) in [4.78, 5) is 41.1. The van der Waals surface area contributed by atoms with Crippen molar-refractivity contribution in [3.8, 4) is 5.75 Å². The third kappa shape index (κ3) is 7.67. The number of pyridine rings is 1. The van der Waals surface area contributed by atoms with Crippen LogP contribution in [0.15, 0.2) is 65.3 Å². The second-order valence-corrected chi connectivity index (χ2v) is 9.47. The number of esters is 2. The first-order valence-corrected chi connectivity index (χ1v) is 12.5. The van der Waals surface area contributed by atoms with E-state index < -0.39 is 54.1 Å². The predicted molar refractivity (Wildman–Crippen MR) is 138 cm³/mol. The Hall–Kier alpha value is -3.66. The van der Waals surface area contributed by atoms with Crippen molar-refractivity contribution in [2.75, 3.05) is 6.79 Å². The van der Waals surface area contributed by atoms with Crippen molar-refractivity contribution in [2.24, 2.45) is 5.92 Å². The van der Waals surface area contributed by atoms with E-state index in [0.29, 0.717) is 15.6 Å². The highest BCUT2D eigenvalue weighted by atomic mass is 79.9. The van der Waals surface area contributed by atoms with Gasteiger partial charge in [0.25, 0.3) is 0 Å². The summed E-state index contributed by atoms with van der Waals surface area (Å²) < 4.78 is 43.4. The van der Waals surface area contributed by atoms with Crippen molar-refractivity contribution in [3.63, 3.8) is 0 Å². The number of aromatic nitrogens is 1. The molecule has 0 bridgehead atoms. The highest BCUT2D eigenvalue weighted by Gasteiger charge is 2.29. The second-order valence-electron chi connectivity index (χ2n) is 8.62. The second kappa shape index (κ2) is 13.2. The van der Waals surface area contributed by atoms with E-state index in [9.17, 15) is 23.2 Å². The lowest BCUT2D eigenvalue weighted by molar-refractivity contribution is -0.153. The molecule has 0 spiro atoms. The van der Waals surface area contributed by atoms with Gasteiger partial charge in [-0.1, -0.05) is 31.2 Å². The molecule has 2 aromatic carbocycles. The molecule has 0 radical (unpaired) electrons. The summed E-state index contributed by atoms with van der Waals surface area (Å²) >= 11 is 3.28. The summed E-state index contributed by atoms with van der Waals surface area (Å²) in [7, 11) is 0. The fraction of sp³-hybridized carbons (Fsp3) is 0.286. The van der Waals surface area contributed by atoms with Gasteiger partial charge in [-0.15, -0.1) is 0 Å². The monoisotopic (exact) mass is 589 g/mol. The third-order valence-corrected chi connectivity index (χ3v) is 6.33. The molecule has 0 saturated heterocycles. The van der Waals surface area contributed by atoms with Crippen LogP contribution in [0.1, 0.15) is 54.7 Å². The fourth-order valence-electron chi connectivity index (χ4n) is 3.83. The van der Waals surface area contributed by atoms with Crippen LogP contribution < -0.4 is 4.74 Å². The van der Waals surface area contributed by atoms with Crippen LogP contribution in [0.5, 0.6) is 5.75 Å². The molecular formula is C28H26BrF2NO6. The highest BCUT2D eigenvalue weighted by Crippen LogP contribution is 2.32. The van der Waals surface area contributed by atoms with Crippen molar-refractivity contribution >= 4 is 33.7 Å². The smallest absolute Gasteiger partial charge is 0.309 e. The van der Waals surface area contributed by atoms with Crippen LogP contribution in [-0.4, -0.2) is 35.6 Å². The molecule has 0 saturated carbocycles. The van der Waals surface area contributed by atoms with Crippen molar-refractivity contribution in [3.05, 3.63) is 93.7 Å². The molecule has 1 aromatic heterocycles. The van der Waals surface area contributed by atoms with Gasteiger partial charge in [0.1, 0.15) is 23.4 Å². The van der Waals surface area contributed by atoms with Gasteiger partial charge in [0, 0.05) is 25.5 Å². The zero-order valence-electron chi connectivity index (χ0n) is 21.0. The maximum atomic E-state index is 13.5. The Morgan fingerprint density at radius 1 is 0.921 bits per heavy atom. The highest BCUT2D eigenvalue weighted by molar-refractivity contribution is 9.10. The first-order valence-electron chi connectivity index (χ1n) is 11.7. The molecule has 0 fully saturated rings. The molecule has 0 aliphatic heterocycles. The Labute approximate surface area is 227 Å². The molecule has 3 rings (SSSR count). The first-order chi connectivity index (χ1) is 18.1. The molecule has 0 aliphatic carbocycles. The number of benzene rings is 2. The molecule has 0 unspecified atom stereocenters. The van der Waals surface area contributed by atoms with Gasteiger partial charge in [-0.25, -0.2) is 13.8 Å². The molecule has 3 aromatic rings. The summed E-state index contributed by atoms with van der Waals surface area (Å²) in [5, 5.41) is 0. The van der Waals surface area contributed by atoms with E-state index in [-0.39, 0.29) is 17.9 Å². The van der Waals surface area contributed by atoms with E-state index in [1.807, 2.05) is 0 Å². The number of Topliss-reactive ketones (excluding diaryl/α,β-unsaturated/α-hetero) is 1. The van der Waals surface area contributed by atoms with E-state index in [4.69, 9.17) is 14.2 Å². The Morgan fingerprint density at radius 2 is 1.47 bits per heavy atom. The first kappa shape index (κ1) is 28.9. The average Bonchev–Trinajstić information content (AvgIpc) is 2.87. The molecule has 2 atom stereocenters. The molecular weight excluding hydrogens is 564 g/mol. The predicted octanol–water partition coefficient (Wildman–Crippen LogP) is 5.99. The van der Waals surface area contributed by atoms with Crippen molar-refractivity contribution in [1.82, 2.24) is 4.98 Å². The third-order valence-electron chi connectivity index (χ3n) is 5.71. The van der Waals surface area contributed by atoms with Gasteiger partial charge in [0.15, 0.2) is 11.5 Å². The lowest BCUT2D eigenvalue weighted by Crippen LogP contribution is -2.28. The van der Waals surface area contributed by atoms with Gasteiger partial charge in [0.2, 0.25) is 6.79 Å². The van der Waals surface area contributed by atoms with E-state index in [1.54, 1.807) is 44.2 Å². The van der Waals surface area contributed by atoms with Gasteiger partial charge in [-0.2, -0.15) is 0 Å². The minimum atomic E-state index is -0.839. The molecule has 200 valence electrons. The van der Waals surface area contributed by atoms with E-state index in [2.05, 4.69) is 20.9 Å². The summed E-state index contributed by atoms with van der Waals surface area (Å²) in [6.07, 6.45) is 0.455. The summed E-state index contributed by atoms with van der Waals surface area (Å²) in [6.45, 7) is 4.04. The molecule has 1 heterocycles. The molecule has 0 aliphatic rings. The largest absolute Gasteiger partial charge is 0.461 e. The Kier molecular flexibility index (Phi) is 10.1. The minimum Gasteiger partial charge on any atom is -0.461 e. The quantitative estimate of drug-likeness (QED) is 0.154. The van der Waals surface area contributed by atoms with Crippen LogP contribution in [0.3, 0.4) is 0 Å². The SMILES string of the molecule is CC(=O)OCOc1c(Br)ccnc1C(=O)C[C@@H](C)C(=O)O[C@@H](C)C(c1ccc(F)cc1)c1ccc(F)cc1. The maximum Gasteiger partial charge on any atom is 0.309 e. The zero-order valence-corrected chi connectivity index (χ0v) is 22.5. The lowest BCUT2D eigenvalue weighted by Gasteiger charge is -2.26. The Bertz CT molecular complexity index is 1240. The van der Waals surface area contributed by atoms with E-state index in [1.165, 1.54) is 37.4 Å². The molecule has 38 heavy (non-hydrogen) atoms. The molecule has 7 nitrogen and oxygen atoms in total. The van der Waals surface area contributed by atoms with Crippen LogP contribution in [0.2, 0.25) is 0 Å². The minimum absolute atomic E-state index is 0.0327. The molecule has 0 amide bonds. The number of halogens is 3. The van der Waals surface area contributed by atoms with Crippen LogP contribution in [0.4, 0.5) is 8.78 Å². The number of ether oxygens (including phenoxy) is 3. The molecule has 10 heteroatoms. The summed E-state index contributed by atoms with van der Waals surface area (Å²) in [6, 6.07) is 13.1. The number of carbonyl (C=O) groups is 3. The van der Waals surface area contributed by atoms with Crippen LogP contribution >= 0.6 is 15.9 Å². The van der Waals surface area contributed by atoms with Gasteiger partial charge < -0.3 is 14.2 Å². The van der Waals surface area contributed by atoms with E-state index in [0.717, 1.165) is 0 Å². The van der Waals surface area contributed by atoms with Crippen molar-refractivity contribution < 1.29 is 37.4 Å². The Morgan fingerprint density at radius 3 is 2.00 bits per heavy atom. The number of hydrogen-bond donors (Lipinski definition) is 0. The van der Waals surface area contributed by atoms with Crippen molar-refractivity contribution in [1.29, 1.82) is 0 Å². The maximum absolute atomic E-state index is 13.5. The van der Waals surface area contributed by atoms with Crippen LogP contribution in [-0.2, 0) is 19.1 Å². The topological polar surface area (TPSA) is 91.8 Å². The van der Waals surface area contributed by atoms with Gasteiger partial charge >= 0.3 is 11.9 Å². The summed E-state index contributed by atoms with van der Waals surface area (Å²) in [5.41, 5.74) is 1.32. The van der Waals surface area contributed by atoms with Crippen LogP contribution in [0.25, 0.3) is 0 Å². The summed E-state index contributed by atoms with van der Waals surface area (Å²) in [5.74, 6) is -3.75.